The molecule has 7 heteroatoms. The zero-order chi connectivity index (χ0) is 18.4. The summed E-state index contributed by atoms with van der Waals surface area (Å²) in [6.07, 6.45) is 2.85. The fraction of sp³-hybridized carbons (Fsp3) is 0.316. The number of methoxy groups -OCH3 is 2. The number of thioether (sulfide) groups is 1. The summed E-state index contributed by atoms with van der Waals surface area (Å²) in [5.41, 5.74) is 8.74. The second kappa shape index (κ2) is 8.93. The molecular formula is C19H24N4O2S. The predicted molar refractivity (Wildman–Crippen MR) is 108 cm³/mol. The van der Waals surface area contributed by atoms with E-state index in [9.17, 15) is 0 Å². The van der Waals surface area contributed by atoms with Gasteiger partial charge in [-0.25, -0.2) is 15.8 Å². The van der Waals surface area contributed by atoms with E-state index in [0.717, 1.165) is 34.3 Å². The Kier molecular flexibility index (Phi) is 6.38. The van der Waals surface area contributed by atoms with Crippen LogP contribution in [0.15, 0.2) is 53.5 Å². The third kappa shape index (κ3) is 4.49. The number of nitrogens with one attached hydrogen (secondary N) is 3. The Morgan fingerprint density at radius 3 is 2.54 bits per heavy atom. The lowest BCUT2D eigenvalue weighted by molar-refractivity contribution is 0.354. The normalized spacial score (nSPS) is 20.0. The van der Waals surface area contributed by atoms with Gasteiger partial charge in [0.25, 0.3) is 0 Å². The highest BCUT2D eigenvalue weighted by Gasteiger charge is 2.25. The van der Waals surface area contributed by atoms with Crippen LogP contribution in [0.25, 0.3) is 0 Å². The van der Waals surface area contributed by atoms with Gasteiger partial charge in [0.05, 0.1) is 14.2 Å². The molecule has 2 aromatic rings. The van der Waals surface area contributed by atoms with Gasteiger partial charge in [-0.2, -0.15) is 0 Å². The van der Waals surface area contributed by atoms with Crippen LogP contribution in [0, 0.1) is 0 Å². The zero-order valence-electron chi connectivity index (χ0n) is 15.2. The monoisotopic (exact) mass is 372 g/mol. The van der Waals surface area contributed by atoms with Crippen molar-refractivity contribution in [3.8, 4) is 11.5 Å². The van der Waals surface area contributed by atoms with Crippen molar-refractivity contribution >= 4 is 22.6 Å². The molecule has 1 aliphatic heterocycles. The van der Waals surface area contributed by atoms with Crippen LogP contribution in [0.4, 0.5) is 5.69 Å². The molecule has 1 fully saturated rings. The van der Waals surface area contributed by atoms with E-state index in [-0.39, 0.29) is 12.2 Å². The Morgan fingerprint density at radius 1 is 1.08 bits per heavy atom. The first kappa shape index (κ1) is 18.6. The van der Waals surface area contributed by atoms with Gasteiger partial charge < -0.3 is 14.8 Å². The van der Waals surface area contributed by atoms with E-state index < -0.39 is 0 Å². The average molecular weight is 372 g/mol. The minimum atomic E-state index is -0.00763. The van der Waals surface area contributed by atoms with Crippen LogP contribution >= 0.6 is 11.8 Å². The topological polar surface area (TPSA) is 66.9 Å². The first-order chi connectivity index (χ1) is 12.7. The molecule has 6 nitrogen and oxygen atoms in total. The first-order valence-corrected chi connectivity index (χ1v) is 9.62. The maximum atomic E-state index is 5.40. The van der Waals surface area contributed by atoms with Crippen molar-refractivity contribution in [1.82, 2.24) is 10.9 Å². The minimum Gasteiger partial charge on any atom is -0.493 e. The molecule has 1 aliphatic rings. The van der Waals surface area contributed by atoms with E-state index in [1.807, 2.05) is 54.8 Å². The molecule has 0 bridgehead atoms. The molecular weight excluding hydrogens is 348 g/mol. The molecule has 2 aromatic carbocycles. The van der Waals surface area contributed by atoms with Gasteiger partial charge in [-0.05, 0) is 36.1 Å². The van der Waals surface area contributed by atoms with Gasteiger partial charge in [-0.1, -0.05) is 36.0 Å². The van der Waals surface area contributed by atoms with Crippen molar-refractivity contribution in [2.24, 2.45) is 4.99 Å². The van der Waals surface area contributed by atoms with Crippen LogP contribution in [0.2, 0.25) is 0 Å². The summed E-state index contributed by atoms with van der Waals surface area (Å²) in [5, 5.41) is 4.23. The molecule has 2 unspecified atom stereocenters. The fourth-order valence-corrected chi connectivity index (χ4v) is 3.29. The van der Waals surface area contributed by atoms with Crippen molar-refractivity contribution in [1.29, 1.82) is 0 Å². The van der Waals surface area contributed by atoms with Gasteiger partial charge >= 0.3 is 0 Å². The van der Waals surface area contributed by atoms with Crippen LogP contribution < -0.4 is 25.6 Å². The van der Waals surface area contributed by atoms with Crippen LogP contribution in [0.5, 0.6) is 11.5 Å². The highest BCUT2D eigenvalue weighted by Crippen LogP contribution is 2.32. The van der Waals surface area contributed by atoms with E-state index in [0.29, 0.717) is 0 Å². The summed E-state index contributed by atoms with van der Waals surface area (Å²) in [4.78, 5) is 4.78. The number of anilines is 1. The zero-order valence-corrected chi connectivity index (χ0v) is 16.0. The number of hydrogen-bond donors (Lipinski definition) is 3. The molecule has 1 saturated heterocycles. The van der Waals surface area contributed by atoms with Gasteiger partial charge in [-0.3, -0.25) is 0 Å². The Labute approximate surface area is 158 Å². The van der Waals surface area contributed by atoms with Crippen LogP contribution in [-0.4, -0.2) is 31.8 Å². The summed E-state index contributed by atoms with van der Waals surface area (Å²) in [6.45, 7) is 0. The predicted octanol–water partition coefficient (Wildman–Crippen LogP) is 3.40. The maximum absolute atomic E-state index is 5.40. The maximum Gasteiger partial charge on any atom is 0.162 e. The molecule has 2 atom stereocenters. The van der Waals surface area contributed by atoms with E-state index in [1.54, 1.807) is 26.0 Å². The van der Waals surface area contributed by atoms with Crippen molar-refractivity contribution in [3.63, 3.8) is 0 Å². The number of hydrazine groups is 1. The number of hydrogen-bond acceptors (Lipinski definition) is 6. The van der Waals surface area contributed by atoms with Gasteiger partial charge in [0.2, 0.25) is 0 Å². The Bertz CT molecular complexity index is 754. The van der Waals surface area contributed by atoms with E-state index in [4.69, 9.17) is 14.5 Å². The third-order valence-electron chi connectivity index (χ3n) is 4.18. The van der Waals surface area contributed by atoms with Gasteiger partial charge in [0.15, 0.2) is 16.7 Å². The SMILES string of the molecule is COc1ccc(C2CC(/N=C(/Nc3ccccc3)SC)NN2)cc1OC. The van der Waals surface area contributed by atoms with Crippen molar-refractivity contribution in [2.45, 2.75) is 18.6 Å². The van der Waals surface area contributed by atoms with Crippen LogP contribution in [-0.2, 0) is 0 Å². The number of benzene rings is 2. The first-order valence-electron chi connectivity index (χ1n) is 8.40. The number of ether oxygens (including phenoxy) is 2. The van der Waals surface area contributed by atoms with Crippen molar-refractivity contribution < 1.29 is 9.47 Å². The van der Waals surface area contributed by atoms with E-state index in [2.05, 4.69) is 16.2 Å². The second-order valence-electron chi connectivity index (χ2n) is 5.84. The summed E-state index contributed by atoms with van der Waals surface area (Å²) in [7, 11) is 3.29. The number of rotatable bonds is 5. The van der Waals surface area contributed by atoms with E-state index in [1.165, 1.54) is 0 Å². The third-order valence-corrected chi connectivity index (χ3v) is 4.78. The molecule has 138 valence electrons. The quantitative estimate of drug-likeness (QED) is 0.552. The molecule has 0 amide bonds. The number of aliphatic imine (C=N–C) groups is 1. The highest BCUT2D eigenvalue weighted by atomic mass is 32.2. The molecule has 0 aliphatic carbocycles. The highest BCUT2D eigenvalue weighted by molar-refractivity contribution is 8.13. The average Bonchev–Trinajstić information content (AvgIpc) is 3.16. The minimum absolute atomic E-state index is 0.00763. The van der Waals surface area contributed by atoms with Crippen molar-refractivity contribution in [3.05, 3.63) is 54.1 Å². The standard InChI is InChI=1S/C19H24N4O2S/c1-24-16-10-9-13(11-17(16)25-2)15-12-18(23-22-15)21-19(26-3)20-14-7-5-4-6-8-14/h4-11,15,18,22-23H,12H2,1-3H3,(H,20,21). The van der Waals surface area contributed by atoms with Crippen molar-refractivity contribution in [2.75, 3.05) is 25.8 Å². The van der Waals surface area contributed by atoms with E-state index >= 15 is 0 Å². The molecule has 3 N–H and O–H groups in total. The summed E-state index contributed by atoms with van der Waals surface area (Å²) in [5.74, 6) is 1.46. The molecule has 1 heterocycles. The Morgan fingerprint density at radius 2 is 1.85 bits per heavy atom. The van der Waals surface area contributed by atoms with Gasteiger partial charge in [-0.15, -0.1) is 0 Å². The van der Waals surface area contributed by atoms with Crippen LogP contribution in [0.1, 0.15) is 18.0 Å². The number of nitrogens with zero attached hydrogens (tertiary/aromatic N) is 1. The summed E-state index contributed by atoms with van der Waals surface area (Å²) in [6, 6.07) is 16.2. The second-order valence-corrected chi connectivity index (χ2v) is 6.63. The Balaban J connectivity index is 1.67. The molecule has 0 spiro atoms. The molecule has 0 aromatic heterocycles. The largest absolute Gasteiger partial charge is 0.493 e. The fourth-order valence-electron chi connectivity index (χ4n) is 2.83. The smallest absolute Gasteiger partial charge is 0.162 e. The summed E-state index contributed by atoms with van der Waals surface area (Å²) >= 11 is 1.59. The lowest BCUT2D eigenvalue weighted by Crippen LogP contribution is -2.30. The van der Waals surface area contributed by atoms with Gasteiger partial charge in [0, 0.05) is 18.2 Å². The molecule has 3 rings (SSSR count). The lowest BCUT2D eigenvalue weighted by Gasteiger charge is -2.13. The molecule has 0 saturated carbocycles. The Hall–Kier alpha value is -2.22. The van der Waals surface area contributed by atoms with Gasteiger partial charge in [0.1, 0.15) is 6.17 Å². The number of para-hydroxylation sites is 1. The molecule has 26 heavy (non-hydrogen) atoms. The van der Waals surface area contributed by atoms with Crippen LogP contribution in [0.3, 0.4) is 0 Å². The summed E-state index contributed by atoms with van der Waals surface area (Å²) < 4.78 is 10.7. The number of amidine groups is 1. The molecule has 0 radical (unpaired) electrons. The lowest BCUT2D eigenvalue weighted by atomic mass is 10.0.